The summed E-state index contributed by atoms with van der Waals surface area (Å²) in [7, 11) is 1.64. The molecule has 0 N–H and O–H groups in total. The van der Waals surface area contributed by atoms with E-state index in [4.69, 9.17) is 16.3 Å². The molecule has 0 aliphatic heterocycles. The zero-order valence-electron chi connectivity index (χ0n) is 10.4. The Morgan fingerprint density at radius 2 is 2.00 bits per heavy atom. The van der Waals surface area contributed by atoms with Gasteiger partial charge in [-0.1, -0.05) is 29.8 Å². The van der Waals surface area contributed by atoms with Gasteiger partial charge in [-0.25, -0.2) is 0 Å². The van der Waals surface area contributed by atoms with Crippen LogP contribution in [0.1, 0.15) is 41.3 Å². The largest absolute Gasteiger partial charge is 0.496 e. The van der Waals surface area contributed by atoms with Gasteiger partial charge < -0.3 is 4.74 Å². The van der Waals surface area contributed by atoms with E-state index in [9.17, 15) is 4.79 Å². The highest BCUT2D eigenvalue weighted by atomic mass is 79.9. The third-order valence-corrected chi connectivity index (χ3v) is 3.28. The maximum atomic E-state index is 11.9. The molecule has 1 atom stereocenters. The van der Waals surface area contributed by atoms with Crippen LogP contribution in [0.25, 0.3) is 0 Å². The number of alkyl halides is 2. The van der Waals surface area contributed by atoms with Crippen LogP contribution >= 0.6 is 27.5 Å². The number of halogens is 2. The molecule has 0 saturated carbocycles. The van der Waals surface area contributed by atoms with Gasteiger partial charge in [-0.15, -0.1) is 11.6 Å². The molecule has 0 aromatic heterocycles. The standard InChI is InChI=1S/C13H16BrClO2/c1-7(2)9-6-10(12(16)13(14)15)8(3)5-11(9)17-4/h5-7,13H,1-4H3. The van der Waals surface area contributed by atoms with Crippen molar-refractivity contribution >= 4 is 33.3 Å². The number of carbonyl (C=O) groups excluding carboxylic acids is 1. The number of ether oxygens (including phenoxy) is 1. The van der Waals surface area contributed by atoms with Crippen molar-refractivity contribution < 1.29 is 9.53 Å². The number of rotatable bonds is 4. The summed E-state index contributed by atoms with van der Waals surface area (Å²) in [6.07, 6.45) is 0. The molecule has 0 saturated heterocycles. The van der Waals surface area contributed by atoms with Gasteiger partial charge in [-0.2, -0.15) is 0 Å². The molecule has 0 radical (unpaired) electrons. The highest BCUT2D eigenvalue weighted by Gasteiger charge is 2.19. The number of methoxy groups -OCH3 is 1. The van der Waals surface area contributed by atoms with Crippen LogP contribution < -0.4 is 4.74 Å². The molecule has 0 heterocycles. The lowest BCUT2D eigenvalue weighted by molar-refractivity contribution is 0.101. The fraction of sp³-hybridized carbons (Fsp3) is 0.462. The predicted molar refractivity (Wildman–Crippen MR) is 74.7 cm³/mol. The predicted octanol–water partition coefficient (Wildman–Crippen LogP) is 4.27. The van der Waals surface area contributed by atoms with Crippen molar-refractivity contribution in [3.05, 3.63) is 28.8 Å². The first-order chi connectivity index (χ1) is 7.88. The van der Waals surface area contributed by atoms with E-state index in [0.717, 1.165) is 16.9 Å². The quantitative estimate of drug-likeness (QED) is 0.612. The van der Waals surface area contributed by atoms with E-state index in [1.165, 1.54) is 0 Å². The molecule has 4 heteroatoms. The molecule has 1 unspecified atom stereocenters. The molecular weight excluding hydrogens is 303 g/mol. The van der Waals surface area contributed by atoms with Gasteiger partial charge in [0.1, 0.15) is 5.75 Å². The van der Waals surface area contributed by atoms with Gasteiger partial charge in [0.25, 0.3) is 0 Å². The van der Waals surface area contributed by atoms with Gasteiger partial charge in [0.2, 0.25) is 0 Å². The van der Waals surface area contributed by atoms with Crippen molar-refractivity contribution in [1.29, 1.82) is 0 Å². The van der Waals surface area contributed by atoms with E-state index in [-0.39, 0.29) is 5.78 Å². The van der Waals surface area contributed by atoms with E-state index < -0.39 is 4.29 Å². The van der Waals surface area contributed by atoms with E-state index in [0.29, 0.717) is 11.5 Å². The Morgan fingerprint density at radius 1 is 1.41 bits per heavy atom. The average Bonchev–Trinajstić information content (AvgIpc) is 2.27. The number of Topliss-reactive ketones (excluding diaryl/α,β-unsaturated/α-hetero) is 1. The summed E-state index contributed by atoms with van der Waals surface area (Å²) in [6, 6.07) is 3.76. The zero-order chi connectivity index (χ0) is 13.2. The molecule has 1 rings (SSSR count). The van der Waals surface area contributed by atoms with Crippen LogP contribution in [0.3, 0.4) is 0 Å². The number of ketones is 1. The lowest BCUT2D eigenvalue weighted by Crippen LogP contribution is -2.11. The summed E-state index contributed by atoms with van der Waals surface area (Å²) in [4.78, 5) is 11.9. The van der Waals surface area contributed by atoms with Crippen molar-refractivity contribution in [2.24, 2.45) is 0 Å². The number of hydrogen-bond acceptors (Lipinski definition) is 2. The summed E-state index contributed by atoms with van der Waals surface area (Å²) < 4.78 is 4.64. The molecule has 0 bridgehead atoms. The van der Waals surface area contributed by atoms with Gasteiger partial charge in [-0.3, -0.25) is 4.79 Å². The third kappa shape index (κ3) is 3.23. The van der Waals surface area contributed by atoms with E-state index >= 15 is 0 Å². The van der Waals surface area contributed by atoms with Crippen LogP contribution in [0.5, 0.6) is 5.75 Å². The van der Waals surface area contributed by atoms with Crippen LogP contribution in [0.2, 0.25) is 0 Å². The van der Waals surface area contributed by atoms with Crippen LogP contribution in [0.15, 0.2) is 12.1 Å². The van der Waals surface area contributed by atoms with Crippen LogP contribution in [-0.4, -0.2) is 17.2 Å². The minimum atomic E-state index is -0.686. The van der Waals surface area contributed by atoms with Crippen molar-refractivity contribution in [2.45, 2.75) is 31.0 Å². The lowest BCUT2D eigenvalue weighted by Gasteiger charge is -2.15. The van der Waals surface area contributed by atoms with E-state index in [1.807, 2.05) is 19.1 Å². The average molecular weight is 320 g/mol. The topological polar surface area (TPSA) is 26.3 Å². The number of aryl methyl sites for hydroxylation is 1. The van der Waals surface area contributed by atoms with Gasteiger partial charge in [0, 0.05) is 5.56 Å². The molecule has 0 fully saturated rings. The fourth-order valence-corrected chi connectivity index (χ4v) is 2.07. The molecule has 1 aromatic carbocycles. The summed E-state index contributed by atoms with van der Waals surface area (Å²) in [5.41, 5.74) is 2.54. The summed E-state index contributed by atoms with van der Waals surface area (Å²) in [6.45, 7) is 6.01. The first kappa shape index (κ1) is 14.5. The molecule has 94 valence electrons. The van der Waals surface area contributed by atoms with E-state index in [1.54, 1.807) is 7.11 Å². The first-order valence-corrected chi connectivity index (χ1v) is 6.74. The molecule has 0 amide bonds. The van der Waals surface area contributed by atoms with Crippen LogP contribution in [-0.2, 0) is 0 Å². The second-order valence-electron chi connectivity index (χ2n) is 4.23. The molecule has 0 aliphatic rings. The van der Waals surface area contributed by atoms with Crippen LogP contribution in [0, 0.1) is 6.92 Å². The van der Waals surface area contributed by atoms with Gasteiger partial charge in [0.15, 0.2) is 10.1 Å². The van der Waals surface area contributed by atoms with Gasteiger partial charge in [0.05, 0.1) is 7.11 Å². The first-order valence-electron chi connectivity index (χ1n) is 5.39. The Labute approximate surface area is 115 Å². The fourth-order valence-electron chi connectivity index (χ4n) is 1.71. The molecule has 0 spiro atoms. The second-order valence-corrected chi connectivity index (χ2v) is 6.11. The molecular formula is C13H16BrClO2. The van der Waals surface area contributed by atoms with Gasteiger partial charge >= 0.3 is 0 Å². The maximum Gasteiger partial charge on any atom is 0.191 e. The second kappa shape index (κ2) is 5.87. The van der Waals surface area contributed by atoms with Gasteiger partial charge in [-0.05, 0) is 36.1 Å². The summed E-state index contributed by atoms with van der Waals surface area (Å²) >= 11 is 8.87. The number of hydrogen-bond donors (Lipinski definition) is 0. The minimum Gasteiger partial charge on any atom is -0.496 e. The molecule has 17 heavy (non-hydrogen) atoms. The Balaban J connectivity index is 3.34. The minimum absolute atomic E-state index is 0.117. The van der Waals surface area contributed by atoms with Crippen molar-refractivity contribution in [2.75, 3.05) is 7.11 Å². The Morgan fingerprint density at radius 3 is 2.41 bits per heavy atom. The third-order valence-electron chi connectivity index (χ3n) is 2.66. The summed E-state index contributed by atoms with van der Waals surface area (Å²) in [5.74, 6) is 0.990. The smallest absolute Gasteiger partial charge is 0.191 e. The number of benzene rings is 1. The SMILES string of the molecule is COc1cc(C)c(C(=O)C(Cl)Br)cc1C(C)C. The van der Waals surface area contributed by atoms with Crippen molar-refractivity contribution in [3.8, 4) is 5.75 Å². The molecule has 2 nitrogen and oxygen atoms in total. The lowest BCUT2D eigenvalue weighted by atomic mass is 9.95. The maximum absolute atomic E-state index is 11.9. The number of carbonyl (C=O) groups is 1. The van der Waals surface area contributed by atoms with E-state index in [2.05, 4.69) is 29.8 Å². The molecule has 0 aliphatic carbocycles. The Kier molecular flexibility index (Phi) is 5.02. The highest BCUT2D eigenvalue weighted by molar-refractivity contribution is 9.10. The summed E-state index contributed by atoms with van der Waals surface area (Å²) in [5, 5.41) is 0. The van der Waals surface area contributed by atoms with Crippen molar-refractivity contribution in [1.82, 2.24) is 0 Å². The Hall–Kier alpha value is -0.540. The van der Waals surface area contributed by atoms with Crippen molar-refractivity contribution in [3.63, 3.8) is 0 Å². The molecule has 1 aromatic rings. The highest BCUT2D eigenvalue weighted by Crippen LogP contribution is 2.31. The zero-order valence-corrected chi connectivity index (χ0v) is 12.7. The normalized spacial score (nSPS) is 12.6. The monoisotopic (exact) mass is 318 g/mol. The Bertz CT molecular complexity index is 428. The van der Waals surface area contributed by atoms with Crippen LogP contribution in [0.4, 0.5) is 0 Å².